The first-order valence-corrected chi connectivity index (χ1v) is 12.8. The Morgan fingerprint density at radius 2 is 1.94 bits per heavy atom. The van der Waals surface area contributed by atoms with Crippen molar-refractivity contribution in [3.63, 3.8) is 0 Å². The molecular weight excluding hydrogens is 480 g/mol. The Morgan fingerprint density at radius 3 is 2.66 bits per heavy atom. The van der Waals surface area contributed by atoms with Gasteiger partial charge in [-0.2, -0.15) is 0 Å². The molecule has 8 heteroatoms. The van der Waals surface area contributed by atoms with Crippen LogP contribution in [0, 0.1) is 0 Å². The van der Waals surface area contributed by atoms with Gasteiger partial charge in [-0.3, -0.25) is 9.36 Å². The Balaban J connectivity index is 1.80. The van der Waals surface area contributed by atoms with Gasteiger partial charge in [0.05, 0.1) is 29.5 Å². The predicted molar refractivity (Wildman–Crippen MR) is 138 cm³/mol. The lowest BCUT2D eigenvalue weighted by molar-refractivity contribution is -0.138. The van der Waals surface area contributed by atoms with E-state index in [9.17, 15) is 9.59 Å². The van der Waals surface area contributed by atoms with Gasteiger partial charge in [0.15, 0.2) is 4.80 Å². The van der Waals surface area contributed by atoms with Gasteiger partial charge in [0.25, 0.3) is 5.56 Å². The first-order valence-electron chi connectivity index (χ1n) is 11.1. The Morgan fingerprint density at radius 1 is 1.11 bits per heavy atom. The van der Waals surface area contributed by atoms with E-state index < -0.39 is 12.0 Å². The second kappa shape index (κ2) is 9.85. The SMILES string of the molecule is CCOC(=O)C1=C(c2ccccc2)N=c2sc(=Cc3cccc(OC)c3)c(=O)n2C1c1cccs1. The average Bonchev–Trinajstić information content (AvgIpc) is 3.52. The van der Waals surface area contributed by atoms with Gasteiger partial charge in [0.2, 0.25) is 0 Å². The number of aromatic nitrogens is 1. The van der Waals surface area contributed by atoms with Gasteiger partial charge in [0.1, 0.15) is 11.8 Å². The van der Waals surface area contributed by atoms with Gasteiger partial charge in [-0.25, -0.2) is 9.79 Å². The van der Waals surface area contributed by atoms with Crippen LogP contribution < -0.4 is 19.6 Å². The van der Waals surface area contributed by atoms with Gasteiger partial charge in [-0.05, 0) is 42.1 Å². The lowest BCUT2D eigenvalue weighted by Crippen LogP contribution is -2.39. The second-order valence-electron chi connectivity index (χ2n) is 7.72. The number of carbonyl (C=O) groups is 1. The summed E-state index contributed by atoms with van der Waals surface area (Å²) in [5.74, 6) is 0.231. The molecule has 1 aliphatic heterocycles. The van der Waals surface area contributed by atoms with Crippen molar-refractivity contribution in [3.8, 4) is 5.75 Å². The number of esters is 1. The lowest BCUT2D eigenvalue weighted by Gasteiger charge is -2.24. The van der Waals surface area contributed by atoms with E-state index in [0.29, 0.717) is 26.4 Å². The highest BCUT2D eigenvalue weighted by molar-refractivity contribution is 7.10. The van der Waals surface area contributed by atoms with Crippen molar-refractivity contribution < 1.29 is 14.3 Å². The number of carbonyl (C=O) groups excluding carboxylic acids is 1. The molecule has 0 amide bonds. The number of ether oxygens (including phenoxy) is 2. The number of nitrogens with zero attached hydrogens (tertiary/aromatic N) is 2. The lowest BCUT2D eigenvalue weighted by atomic mass is 9.97. The Labute approximate surface area is 209 Å². The fourth-order valence-corrected chi connectivity index (χ4v) is 5.86. The molecule has 35 heavy (non-hydrogen) atoms. The van der Waals surface area contributed by atoms with Crippen molar-refractivity contribution in [2.75, 3.05) is 13.7 Å². The van der Waals surface area contributed by atoms with Gasteiger partial charge in [-0.15, -0.1) is 11.3 Å². The van der Waals surface area contributed by atoms with Crippen LogP contribution in [0.5, 0.6) is 5.75 Å². The van der Waals surface area contributed by atoms with Crippen molar-refractivity contribution in [2.24, 2.45) is 4.99 Å². The minimum atomic E-state index is -0.632. The monoisotopic (exact) mass is 502 g/mol. The summed E-state index contributed by atoms with van der Waals surface area (Å²) >= 11 is 2.79. The van der Waals surface area contributed by atoms with Gasteiger partial charge in [0, 0.05) is 10.4 Å². The molecule has 0 aliphatic carbocycles. The summed E-state index contributed by atoms with van der Waals surface area (Å²) in [5.41, 5.74) is 2.32. The van der Waals surface area contributed by atoms with Crippen molar-refractivity contribution in [3.05, 3.63) is 113 Å². The zero-order valence-corrected chi connectivity index (χ0v) is 20.8. The summed E-state index contributed by atoms with van der Waals surface area (Å²) in [6, 6.07) is 20.3. The van der Waals surface area contributed by atoms with Crippen LogP contribution in [0.25, 0.3) is 11.8 Å². The first kappa shape index (κ1) is 23.0. The molecule has 0 fully saturated rings. The summed E-state index contributed by atoms with van der Waals surface area (Å²) in [5, 5.41) is 1.94. The summed E-state index contributed by atoms with van der Waals surface area (Å²) < 4.78 is 12.9. The smallest absolute Gasteiger partial charge is 0.338 e. The zero-order chi connectivity index (χ0) is 24.4. The largest absolute Gasteiger partial charge is 0.497 e. The first-order chi connectivity index (χ1) is 17.1. The molecule has 2 aromatic heterocycles. The second-order valence-corrected chi connectivity index (χ2v) is 9.71. The third-order valence-electron chi connectivity index (χ3n) is 5.58. The highest BCUT2D eigenvalue weighted by Crippen LogP contribution is 2.36. The third-order valence-corrected chi connectivity index (χ3v) is 7.49. The van der Waals surface area contributed by atoms with Crippen molar-refractivity contribution in [1.82, 2.24) is 4.57 Å². The van der Waals surface area contributed by atoms with Crippen LogP contribution >= 0.6 is 22.7 Å². The van der Waals surface area contributed by atoms with E-state index in [-0.39, 0.29) is 12.2 Å². The third kappa shape index (κ3) is 4.38. The topological polar surface area (TPSA) is 69.9 Å². The van der Waals surface area contributed by atoms with Crippen LogP contribution in [-0.2, 0) is 9.53 Å². The Hall–Kier alpha value is -3.75. The van der Waals surface area contributed by atoms with Crippen LogP contribution in [0.4, 0.5) is 0 Å². The molecule has 0 radical (unpaired) electrons. The molecule has 2 aromatic carbocycles. The Bertz CT molecular complexity index is 1580. The van der Waals surface area contributed by atoms with Crippen LogP contribution in [0.2, 0.25) is 0 Å². The molecule has 1 unspecified atom stereocenters. The van der Waals surface area contributed by atoms with E-state index in [2.05, 4.69) is 0 Å². The molecule has 176 valence electrons. The predicted octanol–water partition coefficient (Wildman–Crippen LogP) is 4.01. The number of benzene rings is 2. The van der Waals surface area contributed by atoms with Gasteiger partial charge >= 0.3 is 5.97 Å². The summed E-state index contributed by atoms with van der Waals surface area (Å²) in [7, 11) is 1.61. The van der Waals surface area contributed by atoms with E-state index in [4.69, 9.17) is 14.5 Å². The Kier molecular flexibility index (Phi) is 6.48. The van der Waals surface area contributed by atoms with Crippen LogP contribution in [-0.4, -0.2) is 24.3 Å². The minimum absolute atomic E-state index is 0.205. The average molecular weight is 503 g/mol. The molecule has 6 nitrogen and oxygen atoms in total. The fraction of sp³-hybridized carbons (Fsp3) is 0.148. The molecule has 1 atom stereocenters. The molecular formula is C27H22N2O4S2. The normalized spacial score (nSPS) is 15.5. The number of methoxy groups -OCH3 is 1. The fourth-order valence-electron chi connectivity index (χ4n) is 4.04. The summed E-state index contributed by atoms with van der Waals surface area (Å²) in [6.07, 6.45) is 1.83. The van der Waals surface area contributed by atoms with Crippen molar-refractivity contribution in [2.45, 2.75) is 13.0 Å². The number of rotatable bonds is 6. The summed E-state index contributed by atoms with van der Waals surface area (Å²) in [6.45, 7) is 1.99. The molecule has 0 saturated carbocycles. The van der Waals surface area contributed by atoms with E-state index in [1.165, 1.54) is 22.7 Å². The number of hydrogen-bond acceptors (Lipinski definition) is 7. The van der Waals surface area contributed by atoms with Crippen molar-refractivity contribution >= 4 is 40.4 Å². The number of fused-ring (bicyclic) bond motifs is 1. The minimum Gasteiger partial charge on any atom is -0.497 e. The number of thiophene rings is 1. The van der Waals surface area contributed by atoms with Gasteiger partial charge in [-0.1, -0.05) is 59.9 Å². The number of thiazole rings is 1. The highest BCUT2D eigenvalue weighted by Gasteiger charge is 2.35. The highest BCUT2D eigenvalue weighted by atomic mass is 32.1. The maximum absolute atomic E-state index is 13.7. The van der Waals surface area contributed by atoms with Crippen LogP contribution in [0.15, 0.2) is 87.5 Å². The molecule has 0 bridgehead atoms. The van der Waals surface area contributed by atoms with Crippen LogP contribution in [0.3, 0.4) is 0 Å². The molecule has 1 aliphatic rings. The number of hydrogen-bond donors (Lipinski definition) is 0. The standard InChI is InChI=1S/C27H22N2O4S2/c1-3-33-26(31)22-23(18-10-5-4-6-11-18)28-27-29(24(22)20-13-8-14-34-20)25(30)21(35-27)16-17-9-7-12-19(15-17)32-2/h4-16,24H,3H2,1-2H3. The summed E-state index contributed by atoms with van der Waals surface area (Å²) in [4.78, 5) is 33.3. The van der Waals surface area contributed by atoms with E-state index in [0.717, 1.165) is 16.0 Å². The van der Waals surface area contributed by atoms with E-state index in [1.807, 2.05) is 78.2 Å². The molecule has 5 rings (SSSR count). The van der Waals surface area contributed by atoms with E-state index in [1.54, 1.807) is 18.6 Å². The molecule has 4 aromatic rings. The molecule has 0 N–H and O–H groups in total. The zero-order valence-electron chi connectivity index (χ0n) is 19.1. The molecule has 0 saturated heterocycles. The van der Waals surface area contributed by atoms with Crippen molar-refractivity contribution in [1.29, 1.82) is 0 Å². The van der Waals surface area contributed by atoms with Crippen LogP contribution in [0.1, 0.15) is 29.0 Å². The van der Waals surface area contributed by atoms with Gasteiger partial charge < -0.3 is 9.47 Å². The molecule has 3 heterocycles. The quantitative estimate of drug-likeness (QED) is 0.374. The maximum Gasteiger partial charge on any atom is 0.338 e. The molecule has 0 spiro atoms. The maximum atomic E-state index is 13.7. The van der Waals surface area contributed by atoms with E-state index >= 15 is 0 Å².